The van der Waals surface area contributed by atoms with E-state index in [0.29, 0.717) is 0 Å². The van der Waals surface area contributed by atoms with Gasteiger partial charge >= 0.3 is 0 Å². The lowest BCUT2D eigenvalue weighted by atomic mass is 10.2. The monoisotopic (exact) mass is 313 g/mol. The molecule has 0 saturated heterocycles. The zero-order valence-corrected chi connectivity index (χ0v) is 12.4. The largest absolute Gasteiger partial charge is 0.483 e. The zero-order valence-electron chi connectivity index (χ0n) is 12.4. The number of nitrogens with one attached hydrogen (secondary N) is 1. The van der Waals surface area contributed by atoms with E-state index in [-0.39, 0.29) is 18.0 Å². The van der Waals surface area contributed by atoms with Gasteiger partial charge < -0.3 is 4.74 Å². The zero-order chi connectivity index (χ0) is 16.7. The average Bonchev–Trinajstić information content (AvgIpc) is 2.55. The highest BCUT2D eigenvalue weighted by Crippen LogP contribution is 2.18. The number of hydrogen-bond acceptors (Lipinski definition) is 5. The van der Waals surface area contributed by atoms with Gasteiger partial charge in [-0.05, 0) is 18.6 Å². The van der Waals surface area contributed by atoms with Gasteiger partial charge in [0.2, 0.25) is 0 Å². The number of nitrogens with zero attached hydrogens (tertiary/aromatic N) is 2. The molecule has 0 aliphatic carbocycles. The van der Waals surface area contributed by atoms with E-state index < -0.39 is 10.8 Å². The highest BCUT2D eigenvalue weighted by molar-refractivity contribution is 5.82. The van der Waals surface area contributed by atoms with E-state index in [0.717, 1.165) is 11.1 Å². The maximum Gasteiger partial charge on any atom is 0.277 e. The quantitative estimate of drug-likeness (QED) is 0.503. The molecule has 0 atom stereocenters. The summed E-state index contributed by atoms with van der Waals surface area (Å²) in [6.07, 6.45) is 1.52. The van der Waals surface area contributed by atoms with Crippen molar-refractivity contribution < 1.29 is 14.5 Å². The first kappa shape index (κ1) is 16.2. The van der Waals surface area contributed by atoms with Crippen LogP contribution in [-0.4, -0.2) is 23.7 Å². The Labute approximate surface area is 132 Å². The maximum atomic E-state index is 11.6. The Bertz CT molecular complexity index is 726. The summed E-state index contributed by atoms with van der Waals surface area (Å²) in [7, 11) is 0. The Hall–Kier alpha value is -3.22. The van der Waals surface area contributed by atoms with Crippen LogP contribution in [0.5, 0.6) is 5.75 Å². The first-order valence-corrected chi connectivity index (χ1v) is 6.80. The van der Waals surface area contributed by atoms with Gasteiger partial charge in [0.1, 0.15) is 5.75 Å². The lowest BCUT2D eigenvalue weighted by Crippen LogP contribution is -2.24. The standard InChI is InChI=1S/C16H15N3O4/c1-12-5-7-13(8-6-12)10-17-18-16(20)11-23-15-4-2-3-14(9-15)19(21)22/h2-10H,11H2,1H3,(H,18,20). The molecule has 1 N–H and O–H groups in total. The van der Waals surface area contributed by atoms with Gasteiger partial charge in [-0.25, -0.2) is 5.43 Å². The summed E-state index contributed by atoms with van der Waals surface area (Å²) >= 11 is 0. The van der Waals surface area contributed by atoms with E-state index in [1.807, 2.05) is 31.2 Å². The van der Waals surface area contributed by atoms with E-state index in [2.05, 4.69) is 10.5 Å². The van der Waals surface area contributed by atoms with E-state index >= 15 is 0 Å². The predicted octanol–water partition coefficient (Wildman–Crippen LogP) is 2.43. The Kier molecular flexibility index (Phi) is 5.40. The molecule has 0 aromatic heterocycles. The molecule has 0 aliphatic rings. The Morgan fingerprint density at radius 3 is 2.74 bits per heavy atom. The molecule has 0 heterocycles. The van der Waals surface area contributed by atoms with Crippen molar-refractivity contribution in [1.82, 2.24) is 5.43 Å². The number of hydrogen-bond donors (Lipinski definition) is 1. The topological polar surface area (TPSA) is 93.8 Å². The van der Waals surface area contributed by atoms with Crippen LogP contribution in [0.3, 0.4) is 0 Å². The third kappa shape index (κ3) is 5.24. The van der Waals surface area contributed by atoms with Crippen LogP contribution >= 0.6 is 0 Å². The molecule has 0 spiro atoms. The molecule has 7 heteroatoms. The van der Waals surface area contributed by atoms with Crippen LogP contribution in [0.25, 0.3) is 0 Å². The molecule has 2 aromatic rings. The number of amides is 1. The summed E-state index contributed by atoms with van der Waals surface area (Å²) in [5.41, 5.74) is 4.22. The van der Waals surface area contributed by atoms with E-state index in [4.69, 9.17) is 4.74 Å². The minimum atomic E-state index is -0.529. The second kappa shape index (κ2) is 7.69. The lowest BCUT2D eigenvalue weighted by molar-refractivity contribution is -0.384. The molecule has 2 aromatic carbocycles. The van der Waals surface area contributed by atoms with Gasteiger partial charge in [0.15, 0.2) is 6.61 Å². The van der Waals surface area contributed by atoms with Crippen LogP contribution in [0.2, 0.25) is 0 Å². The number of rotatable bonds is 6. The summed E-state index contributed by atoms with van der Waals surface area (Å²) in [5.74, 6) is -0.211. The summed E-state index contributed by atoms with van der Waals surface area (Å²) in [4.78, 5) is 21.7. The normalized spacial score (nSPS) is 10.5. The van der Waals surface area contributed by atoms with Crippen molar-refractivity contribution in [2.24, 2.45) is 5.10 Å². The SMILES string of the molecule is Cc1ccc(C=NNC(=O)COc2cccc([N+](=O)[O-])c2)cc1. The molecule has 2 rings (SSSR count). The van der Waals surface area contributed by atoms with Crippen LogP contribution < -0.4 is 10.2 Å². The van der Waals surface area contributed by atoms with Gasteiger partial charge in [-0.1, -0.05) is 35.9 Å². The Balaban J connectivity index is 1.82. The van der Waals surface area contributed by atoms with Crippen molar-refractivity contribution in [1.29, 1.82) is 0 Å². The van der Waals surface area contributed by atoms with Gasteiger partial charge in [-0.2, -0.15) is 5.10 Å². The van der Waals surface area contributed by atoms with E-state index in [9.17, 15) is 14.9 Å². The lowest BCUT2D eigenvalue weighted by Gasteiger charge is -2.04. The van der Waals surface area contributed by atoms with Crippen molar-refractivity contribution in [3.8, 4) is 5.75 Å². The second-order valence-electron chi connectivity index (χ2n) is 4.75. The Morgan fingerprint density at radius 1 is 1.30 bits per heavy atom. The summed E-state index contributed by atoms with van der Waals surface area (Å²) in [5, 5.41) is 14.5. The van der Waals surface area contributed by atoms with Crippen molar-refractivity contribution >= 4 is 17.8 Å². The van der Waals surface area contributed by atoms with Gasteiger partial charge in [0.25, 0.3) is 11.6 Å². The minimum Gasteiger partial charge on any atom is -0.483 e. The number of carbonyl (C=O) groups excluding carboxylic acids is 1. The molecular weight excluding hydrogens is 298 g/mol. The van der Waals surface area contributed by atoms with E-state index in [1.54, 1.807) is 0 Å². The number of non-ortho nitro benzene ring substituents is 1. The highest BCUT2D eigenvalue weighted by atomic mass is 16.6. The van der Waals surface area contributed by atoms with Crippen molar-refractivity contribution in [3.05, 3.63) is 69.8 Å². The molecule has 0 unspecified atom stereocenters. The van der Waals surface area contributed by atoms with Crippen molar-refractivity contribution in [2.75, 3.05) is 6.61 Å². The first-order chi connectivity index (χ1) is 11.0. The molecule has 0 radical (unpaired) electrons. The molecule has 0 fully saturated rings. The van der Waals surface area contributed by atoms with Gasteiger partial charge in [0.05, 0.1) is 17.2 Å². The maximum absolute atomic E-state index is 11.6. The van der Waals surface area contributed by atoms with Gasteiger partial charge in [0, 0.05) is 6.07 Å². The molecule has 23 heavy (non-hydrogen) atoms. The second-order valence-corrected chi connectivity index (χ2v) is 4.75. The van der Waals surface area contributed by atoms with Crippen LogP contribution in [0, 0.1) is 17.0 Å². The number of benzene rings is 2. The first-order valence-electron chi connectivity index (χ1n) is 6.80. The minimum absolute atomic E-state index is 0.0969. The summed E-state index contributed by atoms with van der Waals surface area (Å²) < 4.78 is 5.19. The number of carbonyl (C=O) groups is 1. The van der Waals surface area contributed by atoms with Gasteiger partial charge in [-0.3, -0.25) is 14.9 Å². The summed E-state index contributed by atoms with van der Waals surface area (Å²) in [6, 6.07) is 13.3. The third-order valence-corrected chi connectivity index (χ3v) is 2.88. The number of hydrazone groups is 1. The molecule has 0 aliphatic heterocycles. The van der Waals surface area contributed by atoms with Crippen molar-refractivity contribution in [3.63, 3.8) is 0 Å². The van der Waals surface area contributed by atoms with Crippen molar-refractivity contribution in [2.45, 2.75) is 6.92 Å². The molecule has 0 bridgehead atoms. The van der Waals surface area contributed by atoms with Crippen LogP contribution in [0.4, 0.5) is 5.69 Å². The number of ether oxygens (including phenoxy) is 1. The smallest absolute Gasteiger partial charge is 0.277 e. The van der Waals surface area contributed by atoms with Crippen LogP contribution in [0.15, 0.2) is 53.6 Å². The van der Waals surface area contributed by atoms with Gasteiger partial charge in [-0.15, -0.1) is 0 Å². The number of aryl methyl sites for hydroxylation is 1. The van der Waals surface area contributed by atoms with Crippen LogP contribution in [-0.2, 0) is 4.79 Å². The average molecular weight is 313 g/mol. The Morgan fingerprint density at radius 2 is 2.04 bits per heavy atom. The predicted molar refractivity (Wildman–Crippen MR) is 85.5 cm³/mol. The molecule has 7 nitrogen and oxygen atoms in total. The van der Waals surface area contributed by atoms with Crippen LogP contribution in [0.1, 0.15) is 11.1 Å². The third-order valence-electron chi connectivity index (χ3n) is 2.88. The van der Waals surface area contributed by atoms with E-state index in [1.165, 1.54) is 30.5 Å². The highest BCUT2D eigenvalue weighted by Gasteiger charge is 2.07. The fourth-order valence-electron chi connectivity index (χ4n) is 1.70. The molecule has 0 saturated carbocycles. The number of nitro benzene ring substituents is 1. The number of nitro groups is 1. The molecular formula is C16H15N3O4. The molecule has 118 valence electrons. The fraction of sp³-hybridized carbons (Fsp3) is 0.125. The molecule has 1 amide bonds. The fourth-order valence-corrected chi connectivity index (χ4v) is 1.70. The summed E-state index contributed by atoms with van der Waals surface area (Å²) in [6.45, 7) is 1.69.